The minimum absolute atomic E-state index is 0.257. The summed E-state index contributed by atoms with van der Waals surface area (Å²) in [7, 11) is 0. The van der Waals surface area contributed by atoms with E-state index in [1.807, 2.05) is 6.07 Å². The molecule has 0 aliphatic heterocycles. The van der Waals surface area contributed by atoms with Crippen LogP contribution < -0.4 is 5.73 Å². The SMILES string of the molecule is Nc1ncc(CBr)cc1-c1ccc(F)cc1. The lowest BCUT2D eigenvalue weighted by Gasteiger charge is -2.06. The van der Waals surface area contributed by atoms with Crippen LogP contribution in [0.25, 0.3) is 11.1 Å². The maximum Gasteiger partial charge on any atom is 0.131 e. The molecule has 0 spiro atoms. The van der Waals surface area contributed by atoms with E-state index in [1.54, 1.807) is 18.3 Å². The summed E-state index contributed by atoms with van der Waals surface area (Å²) in [5.41, 5.74) is 8.53. The molecule has 0 aliphatic rings. The summed E-state index contributed by atoms with van der Waals surface area (Å²) < 4.78 is 12.8. The van der Waals surface area contributed by atoms with Crippen molar-refractivity contribution in [2.24, 2.45) is 0 Å². The fourth-order valence-electron chi connectivity index (χ4n) is 1.45. The van der Waals surface area contributed by atoms with Gasteiger partial charge in [-0.15, -0.1) is 0 Å². The topological polar surface area (TPSA) is 38.9 Å². The molecule has 2 rings (SSSR count). The monoisotopic (exact) mass is 280 g/mol. The number of benzene rings is 1. The number of hydrogen-bond acceptors (Lipinski definition) is 2. The molecular formula is C12H10BrFN2. The van der Waals surface area contributed by atoms with Crippen molar-refractivity contribution in [3.05, 3.63) is 47.9 Å². The van der Waals surface area contributed by atoms with Gasteiger partial charge in [-0.25, -0.2) is 9.37 Å². The van der Waals surface area contributed by atoms with Gasteiger partial charge >= 0.3 is 0 Å². The second-order valence-corrected chi connectivity index (χ2v) is 3.98. The van der Waals surface area contributed by atoms with Gasteiger partial charge in [0.15, 0.2) is 0 Å². The standard InChI is InChI=1S/C12H10BrFN2/c13-6-8-5-11(12(15)16-7-8)9-1-3-10(14)4-2-9/h1-5,7H,6H2,(H2,15,16). The van der Waals surface area contributed by atoms with Crippen molar-refractivity contribution in [3.63, 3.8) is 0 Å². The van der Waals surface area contributed by atoms with Crippen LogP contribution in [0.3, 0.4) is 0 Å². The van der Waals surface area contributed by atoms with Crippen molar-refractivity contribution in [2.75, 3.05) is 5.73 Å². The second-order valence-electron chi connectivity index (χ2n) is 3.42. The first-order valence-electron chi connectivity index (χ1n) is 4.77. The van der Waals surface area contributed by atoms with Crippen LogP contribution in [-0.2, 0) is 5.33 Å². The lowest BCUT2D eigenvalue weighted by molar-refractivity contribution is 0.628. The number of nitrogens with two attached hydrogens (primary N) is 1. The summed E-state index contributed by atoms with van der Waals surface area (Å²) in [5.74, 6) is 0.197. The minimum Gasteiger partial charge on any atom is -0.383 e. The van der Waals surface area contributed by atoms with E-state index in [-0.39, 0.29) is 5.82 Å². The Kier molecular flexibility index (Phi) is 3.19. The van der Waals surface area contributed by atoms with E-state index >= 15 is 0 Å². The van der Waals surface area contributed by atoms with Crippen LogP contribution in [0, 0.1) is 5.82 Å². The van der Waals surface area contributed by atoms with E-state index in [4.69, 9.17) is 5.73 Å². The first kappa shape index (κ1) is 11.1. The molecule has 0 atom stereocenters. The molecule has 16 heavy (non-hydrogen) atoms. The van der Waals surface area contributed by atoms with Crippen LogP contribution in [0.15, 0.2) is 36.5 Å². The molecule has 4 heteroatoms. The van der Waals surface area contributed by atoms with Gasteiger partial charge in [0, 0.05) is 17.1 Å². The summed E-state index contributed by atoms with van der Waals surface area (Å²) >= 11 is 3.36. The van der Waals surface area contributed by atoms with Gasteiger partial charge in [-0.2, -0.15) is 0 Å². The molecule has 0 amide bonds. The highest BCUT2D eigenvalue weighted by Crippen LogP contribution is 2.25. The molecule has 0 unspecified atom stereocenters. The highest BCUT2D eigenvalue weighted by atomic mass is 79.9. The minimum atomic E-state index is -0.257. The molecule has 2 aromatic rings. The third-order valence-electron chi connectivity index (χ3n) is 2.28. The van der Waals surface area contributed by atoms with Gasteiger partial charge in [-0.1, -0.05) is 28.1 Å². The fourth-order valence-corrected chi connectivity index (χ4v) is 1.76. The third kappa shape index (κ3) is 2.22. The first-order chi connectivity index (χ1) is 7.70. The van der Waals surface area contributed by atoms with Gasteiger partial charge in [-0.3, -0.25) is 0 Å². The van der Waals surface area contributed by atoms with Crippen molar-refractivity contribution in [3.8, 4) is 11.1 Å². The molecule has 0 fully saturated rings. The lowest BCUT2D eigenvalue weighted by atomic mass is 10.1. The molecule has 82 valence electrons. The van der Waals surface area contributed by atoms with Crippen molar-refractivity contribution in [1.82, 2.24) is 4.98 Å². The Labute approximate surface area is 101 Å². The second kappa shape index (κ2) is 4.61. The van der Waals surface area contributed by atoms with Crippen LogP contribution in [0.4, 0.5) is 10.2 Å². The summed E-state index contributed by atoms with van der Waals surface area (Å²) in [6, 6.07) is 8.16. The maximum atomic E-state index is 12.8. The normalized spacial score (nSPS) is 10.4. The fraction of sp³-hybridized carbons (Fsp3) is 0.0833. The smallest absolute Gasteiger partial charge is 0.131 e. The molecule has 0 saturated carbocycles. The van der Waals surface area contributed by atoms with Gasteiger partial charge < -0.3 is 5.73 Å². The average molecular weight is 281 g/mol. The number of nitrogens with zero attached hydrogens (tertiary/aromatic N) is 1. The van der Waals surface area contributed by atoms with Crippen LogP contribution in [-0.4, -0.2) is 4.98 Å². The van der Waals surface area contributed by atoms with Crippen LogP contribution in [0.5, 0.6) is 0 Å². The summed E-state index contributed by atoms with van der Waals surface area (Å²) in [6.45, 7) is 0. The highest BCUT2D eigenvalue weighted by molar-refractivity contribution is 9.08. The highest BCUT2D eigenvalue weighted by Gasteiger charge is 2.05. The number of aromatic nitrogens is 1. The quantitative estimate of drug-likeness (QED) is 0.857. The van der Waals surface area contributed by atoms with Crippen molar-refractivity contribution in [2.45, 2.75) is 5.33 Å². The zero-order chi connectivity index (χ0) is 11.5. The van der Waals surface area contributed by atoms with E-state index in [0.717, 1.165) is 16.7 Å². The molecule has 1 heterocycles. The summed E-state index contributed by atoms with van der Waals surface area (Å²) in [5, 5.41) is 0.717. The predicted octanol–water partition coefficient (Wildman–Crippen LogP) is 3.36. The zero-order valence-corrected chi connectivity index (χ0v) is 10.0. The van der Waals surface area contributed by atoms with Gasteiger partial charge in [0.25, 0.3) is 0 Å². The van der Waals surface area contributed by atoms with Crippen LogP contribution >= 0.6 is 15.9 Å². The molecular weight excluding hydrogens is 271 g/mol. The van der Waals surface area contributed by atoms with E-state index in [2.05, 4.69) is 20.9 Å². The van der Waals surface area contributed by atoms with E-state index in [9.17, 15) is 4.39 Å². The van der Waals surface area contributed by atoms with Crippen molar-refractivity contribution in [1.29, 1.82) is 0 Å². The maximum absolute atomic E-state index is 12.8. The largest absolute Gasteiger partial charge is 0.383 e. The van der Waals surface area contributed by atoms with E-state index in [1.165, 1.54) is 12.1 Å². The van der Waals surface area contributed by atoms with Crippen LogP contribution in [0.2, 0.25) is 0 Å². The Bertz CT molecular complexity index is 497. The van der Waals surface area contributed by atoms with Gasteiger partial charge in [0.1, 0.15) is 11.6 Å². The predicted molar refractivity (Wildman–Crippen MR) is 66.7 cm³/mol. The Morgan fingerprint density at radius 1 is 1.25 bits per heavy atom. The Balaban J connectivity index is 2.50. The van der Waals surface area contributed by atoms with Crippen LogP contribution in [0.1, 0.15) is 5.56 Å². The number of nitrogen functional groups attached to an aromatic ring is 1. The lowest BCUT2D eigenvalue weighted by Crippen LogP contribution is -1.95. The van der Waals surface area contributed by atoms with E-state index in [0.29, 0.717) is 11.1 Å². The first-order valence-corrected chi connectivity index (χ1v) is 5.89. The summed E-state index contributed by atoms with van der Waals surface area (Å²) in [6.07, 6.45) is 1.72. The molecule has 0 aliphatic carbocycles. The summed E-state index contributed by atoms with van der Waals surface area (Å²) in [4.78, 5) is 4.10. The number of pyridine rings is 1. The third-order valence-corrected chi connectivity index (χ3v) is 2.93. The van der Waals surface area contributed by atoms with Gasteiger partial charge in [0.05, 0.1) is 0 Å². The molecule has 0 bridgehead atoms. The molecule has 0 radical (unpaired) electrons. The molecule has 2 N–H and O–H groups in total. The number of rotatable bonds is 2. The van der Waals surface area contributed by atoms with Gasteiger partial charge in [-0.05, 0) is 29.3 Å². The number of anilines is 1. The molecule has 1 aromatic carbocycles. The van der Waals surface area contributed by atoms with E-state index < -0.39 is 0 Å². The molecule has 2 nitrogen and oxygen atoms in total. The molecule has 1 aromatic heterocycles. The number of alkyl halides is 1. The van der Waals surface area contributed by atoms with Gasteiger partial charge in [0.2, 0.25) is 0 Å². The number of hydrogen-bond donors (Lipinski definition) is 1. The number of halogens is 2. The Hall–Kier alpha value is -1.42. The zero-order valence-electron chi connectivity index (χ0n) is 8.45. The van der Waals surface area contributed by atoms with Crippen molar-refractivity contribution < 1.29 is 4.39 Å². The molecule has 0 saturated heterocycles. The Morgan fingerprint density at radius 3 is 2.56 bits per heavy atom. The Morgan fingerprint density at radius 2 is 1.94 bits per heavy atom. The average Bonchev–Trinajstić information content (AvgIpc) is 2.31. The van der Waals surface area contributed by atoms with Crippen molar-refractivity contribution >= 4 is 21.7 Å².